The van der Waals surface area contributed by atoms with Crippen LogP contribution >= 0.6 is 23.4 Å². The minimum atomic E-state index is -0.272. The van der Waals surface area contributed by atoms with E-state index in [4.69, 9.17) is 20.5 Å². The molecule has 0 unspecified atom stereocenters. The van der Waals surface area contributed by atoms with Crippen LogP contribution in [0.1, 0.15) is 5.89 Å². The predicted molar refractivity (Wildman–Crippen MR) is 106 cm³/mol. The molecule has 4 rings (SSSR count). The van der Waals surface area contributed by atoms with Gasteiger partial charge in [-0.15, -0.1) is 21.8 Å². The van der Waals surface area contributed by atoms with E-state index in [1.165, 1.54) is 11.8 Å². The van der Waals surface area contributed by atoms with Crippen molar-refractivity contribution in [2.45, 2.75) is 11.0 Å². The number of carbonyl (C=O) groups is 1. The van der Waals surface area contributed by atoms with Crippen LogP contribution in [0.2, 0.25) is 0 Å². The lowest BCUT2D eigenvalue weighted by atomic mass is 10.2. The SMILES string of the molecule is O=C(CCl)Nc1ccc(-c2noc(CSc3nnc(-c4ccncc4)o3)n2)cc1. The molecule has 1 N–H and O–H groups in total. The van der Waals surface area contributed by atoms with Gasteiger partial charge in [0.05, 0.1) is 5.75 Å². The molecule has 11 heteroatoms. The number of hydrogen-bond donors (Lipinski definition) is 1. The van der Waals surface area contributed by atoms with E-state index in [0.29, 0.717) is 34.3 Å². The van der Waals surface area contributed by atoms with Crippen molar-refractivity contribution in [3.05, 3.63) is 54.7 Å². The van der Waals surface area contributed by atoms with Gasteiger partial charge < -0.3 is 14.3 Å². The Hall–Kier alpha value is -3.24. The molecule has 0 spiro atoms. The second kappa shape index (κ2) is 8.84. The first kappa shape index (κ1) is 19.1. The molecule has 1 aromatic carbocycles. The lowest BCUT2D eigenvalue weighted by molar-refractivity contribution is -0.113. The van der Waals surface area contributed by atoms with Gasteiger partial charge in [-0.1, -0.05) is 16.9 Å². The summed E-state index contributed by atoms with van der Waals surface area (Å²) in [4.78, 5) is 19.6. The van der Waals surface area contributed by atoms with Gasteiger partial charge in [-0.3, -0.25) is 9.78 Å². The normalized spacial score (nSPS) is 10.8. The molecule has 0 aliphatic rings. The highest BCUT2D eigenvalue weighted by molar-refractivity contribution is 7.98. The van der Waals surface area contributed by atoms with Crippen LogP contribution in [0.15, 0.2) is 63.0 Å². The fourth-order valence-electron chi connectivity index (χ4n) is 2.33. The van der Waals surface area contributed by atoms with E-state index in [9.17, 15) is 4.79 Å². The molecule has 9 nitrogen and oxygen atoms in total. The van der Waals surface area contributed by atoms with Gasteiger partial charge in [0, 0.05) is 29.2 Å². The zero-order valence-corrected chi connectivity index (χ0v) is 16.4. The van der Waals surface area contributed by atoms with Crippen LogP contribution in [0, 0.1) is 0 Å². The van der Waals surface area contributed by atoms with E-state index in [2.05, 4.69) is 30.6 Å². The highest BCUT2D eigenvalue weighted by atomic mass is 35.5. The topological polar surface area (TPSA) is 120 Å². The molecular weight excluding hydrogens is 416 g/mol. The van der Waals surface area contributed by atoms with Crippen LogP contribution in [0.3, 0.4) is 0 Å². The van der Waals surface area contributed by atoms with Crippen LogP contribution in [0.25, 0.3) is 22.8 Å². The van der Waals surface area contributed by atoms with Gasteiger partial charge >= 0.3 is 0 Å². The monoisotopic (exact) mass is 428 g/mol. The maximum atomic E-state index is 11.3. The predicted octanol–water partition coefficient (Wildman–Crippen LogP) is 3.65. The molecule has 0 atom stereocenters. The molecule has 0 fully saturated rings. The van der Waals surface area contributed by atoms with Crippen molar-refractivity contribution in [3.8, 4) is 22.8 Å². The standard InChI is InChI=1S/C18H13ClN6O3S/c19-9-14(26)21-13-3-1-11(2-4-13)16-22-15(28-25-16)10-29-18-24-23-17(27-18)12-5-7-20-8-6-12/h1-8H,9-10H2,(H,21,26). The number of aromatic nitrogens is 5. The molecule has 0 saturated carbocycles. The van der Waals surface area contributed by atoms with Gasteiger partial charge in [-0.25, -0.2) is 0 Å². The van der Waals surface area contributed by atoms with Gasteiger partial charge in [-0.2, -0.15) is 4.98 Å². The largest absolute Gasteiger partial charge is 0.411 e. The van der Waals surface area contributed by atoms with Crippen LogP contribution in [0.4, 0.5) is 5.69 Å². The number of benzene rings is 1. The fraction of sp³-hybridized carbons (Fsp3) is 0.111. The van der Waals surface area contributed by atoms with Gasteiger partial charge in [0.2, 0.25) is 23.5 Å². The maximum Gasteiger partial charge on any atom is 0.277 e. The smallest absolute Gasteiger partial charge is 0.277 e. The molecule has 29 heavy (non-hydrogen) atoms. The molecule has 3 heterocycles. The molecule has 0 saturated heterocycles. The molecule has 0 aliphatic heterocycles. The minimum absolute atomic E-state index is 0.0995. The molecular formula is C18H13ClN6O3S. The highest BCUT2D eigenvalue weighted by Gasteiger charge is 2.13. The van der Waals surface area contributed by atoms with E-state index >= 15 is 0 Å². The summed E-state index contributed by atoms with van der Waals surface area (Å²) in [5, 5.41) is 15.1. The van der Waals surface area contributed by atoms with Crippen molar-refractivity contribution in [3.63, 3.8) is 0 Å². The molecule has 146 valence electrons. The van der Waals surface area contributed by atoms with E-state index in [-0.39, 0.29) is 11.8 Å². The van der Waals surface area contributed by atoms with Crippen LogP contribution < -0.4 is 5.32 Å². The Morgan fingerprint density at radius 1 is 1.07 bits per heavy atom. The quantitative estimate of drug-likeness (QED) is 0.347. The zero-order chi connectivity index (χ0) is 20.1. The number of pyridine rings is 1. The first-order valence-corrected chi connectivity index (χ1v) is 9.89. The number of thioether (sulfide) groups is 1. The van der Waals surface area contributed by atoms with Gasteiger partial charge in [0.1, 0.15) is 5.88 Å². The number of nitrogens with zero attached hydrogens (tertiary/aromatic N) is 5. The number of amides is 1. The average molecular weight is 429 g/mol. The lowest BCUT2D eigenvalue weighted by Gasteiger charge is -2.02. The third-order valence-electron chi connectivity index (χ3n) is 3.67. The number of carbonyl (C=O) groups excluding carboxylic acids is 1. The second-order valence-corrected chi connectivity index (χ2v) is 6.86. The Morgan fingerprint density at radius 2 is 1.86 bits per heavy atom. The van der Waals surface area contributed by atoms with E-state index in [0.717, 1.165) is 11.1 Å². The van der Waals surface area contributed by atoms with Crippen molar-refractivity contribution < 1.29 is 13.7 Å². The summed E-state index contributed by atoms with van der Waals surface area (Å²) in [5.41, 5.74) is 2.19. The first-order valence-electron chi connectivity index (χ1n) is 8.37. The minimum Gasteiger partial charge on any atom is -0.411 e. The number of hydrogen-bond acceptors (Lipinski definition) is 9. The number of alkyl halides is 1. The van der Waals surface area contributed by atoms with Crippen LogP contribution in [0.5, 0.6) is 0 Å². The Bertz CT molecular complexity index is 1100. The third kappa shape index (κ3) is 4.79. The highest BCUT2D eigenvalue weighted by Crippen LogP contribution is 2.26. The molecule has 1 amide bonds. The third-order valence-corrected chi connectivity index (χ3v) is 4.72. The summed E-state index contributed by atoms with van der Waals surface area (Å²) < 4.78 is 10.9. The summed E-state index contributed by atoms with van der Waals surface area (Å²) in [7, 11) is 0. The van der Waals surface area contributed by atoms with Crippen molar-refractivity contribution in [2.75, 3.05) is 11.2 Å². The molecule has 0 radical (unpaired) electrons. The Morgan fingerprint density at radius 3 is 2.62 bits per heavy atom. The number of halogens is 1. The summed E-state index contributed by atoms with van der Waals surface area (Å²) >= 11 is 6.77. The molecule has 0 aliphatic carbocycles. The number of anilines is 1. The van der Waals surface area contributed by atoms with Crippen molar-refractivity contribution in [1.29, 1.82) is 0 Å². The Balaban J connectivity index is 1.37. The number of rotatable bonds is 7. The summed E-state index contributed by atoms with van der Waals surface area (Å²) in [6, 6.07) is 10.6. The Labute approximate surface area is 173 Å². The fourth-order valence-corrected chi connectivity index (χ4v) is 3.00. The summed E-state index contributed by atoms with van der Waals surface area (Å²) in [6.45, 7) is 0. The van der Waals surface area contributed by atoms with Crippen molar-refractivity contribution in [2.24, 2.45) is 0 Å². The average Bonchev–Trinajstić information content (AvgIpc) is 3.43. The van der Waals surface area contributed by atoms with E-state index < -0.39 is 0 Å². The van der Waals surface area contributed by atoms with E-state index in [1.807, 2.05) is 0 Å². The second-order valence-electron chi connectivity index (χ2n) is 5.67. The molecule has 4 aromatic rings. The first-order chi connectivity index (χ1) is 14.2. The van der Waals surface area contributed by atoms with E-state index in [1.54, 1.807) is 48.8 Å². The number of nitrogens with one attached hydrogen (secondary N) is 1. The van der Waals surface area contributed by atoms with Gasteiger partial charge in [-0.05, 0) is 36.4 Å². The van der Waals surface area contributed by atoms with Crippen molar-refractivity contribution >= 4 is 35.0 Å². The molecule has 3 aromatic heterocycles. The molecule has 0 bridgehead atoms. The maximum absolute atomic E-state index is 11.3. The van der Waals surface area contributed by atoms with Crippen LogP contribution in [-0.4, -0.2) is 37.1 Å². The zero-order valence-electron chi connectivity index (χ0n) is 14.8. The van der Waals surface area contributed by atoms with Gasteiger partial charge in [0.25, 0.3) is 5.22 Å². The lowest BCUT2D eigenvalue weighted by Crippen LogP contribution is -2.12. The summed E-state index contributed by atoms with van der Waals surface area (Å²) in [6.07, 6.45) is 3.31. The van der Waals surface area contributed by atoms with Crippen molar-refractivity contribution in [1.82, 2.24) is 25.3 Å². The van der Waals surface area contributed by atoms with Crippen LogP contribution in [-0.2, 0) is 10.5 Å². The Kier molecular flexibility index (Phi) is 5.82. The summed E-state index contributed by atoms with van der Waals surface area (Å²) in [5.74, 6) is 1.30. The van der Waals surface area contributed by atoms with Gasteiger partial charge in [0.15, 0.2) is 0 Å².